The van der Waals surface area contributed by atoms with Crippen LogP contribution < -0.4 is 0 Å². The Morgan fingerprint density at radius 2 is 1.79 bits per heavy atom. The van der Waals surface area contributed by atoms with Gasteiger partial charge in [-0.3, -0.25) is 4.99 Å². The Bertz CT molecular complexity index is 298. The van der Waals surface area contributed by atoms with Crippen LogP contribution in [-0.4, -0.2) is 20.0 Å². The van der Waals surface area contributed by atoms with E-state index in [4.69, 9.17) is 4.99 Å². The first-order valence-electron chi connectivity index (χ1n) is 8.35. The molecule has 2 heteroatoms. The fourth-order valence-corrected chi connectivity index (χ4v) is 7.43. The molecule has 0 fully saturated rings. The highest BCUT2D eigenvalue weighted by Crippen LogP contribution is 2.33. The number of aliphatic imine (C=N–C) groups is 1. The van der Waals surface area contributed by atoms with Gasteiger partial charge in [0.2, 0.25) is 0 Å². The van der Waals surface area contributed by atoms with Gasteiger partial charge in [0.25, 0.3) is 0 Å². The lowest BCUT2D eigenvalue weighted by atomic mass is 10.1. The SMILES string of the molecule is C=CC(CC)[Si](C)(CC)C1=NCCCCCCCC1. The Kier molecular flexibility index (Phi) is 7.66. The van der Waals surface area contributed by atoms with Gasteiger partial charge in [0.1, 0.15) is 8.07 Å². The van der Waals surface area contributed by atoms with Crippen molar-refractivity contribution < 1.29 is 0 Å². The minimum atomic E-state index is -1.41. The monoisotopic (exact) mass is 279 g/mol. The second-order valence-electron chi connectivity index (χ2n) is 6.22. The van der Waals surface area contributed by atoms with Gasteiger partial charge < -0.3 is 0 Å². The van der Waals surface area contributed by atoms with E-state index in [0.29, 0.717) is 5.54 Å². The maximum absolute atomic E-state index is 5.08. The maximum atomic E-state index is 5.08. The molecular formula is C17H33NSi. The standard InChI is InChI=1S/C17H33NSi/c1-5-16(6-2)19(4,7-3)17-14-12-10-8-9-11-13-15-18-17/h5,16H,1,6-15H2,2-4H3. The number of hydrogen-bond acceptors (Lipinski definition) is 1. The van der Waals surface area contributed by atoms with E-state index in [1.165, 1.54) is 57.4 Å². The summed E-state index contributed by atoms with van der Waals surface area (Å²) in [7, 11) is -1.41. The number of allylic oxidation sites excluding steroid dienone is 1. The number of nitrogens with zero attached hydrogens (tertiary/aromatic N) is 1. The third-order valence-corrected chi connectivity index (χ3v) is 10.5. The average Bonchev–Trinajstić information content (AvgIpc) is 2.45. The van der Waals surface area contributed by atoms with Gasteiger partial charge in [0, 0.05) is 6.54 Å². The van der Waals surface area contributed by atoms with Gasteiger partial charge in [0.05, 0.1) is 0 Å². The zero-order valence-corrected chi connectivity index (χ0v) is 14.4. The van der Waals surface area contributed by atoms with E-state index in [-0.39, 0.29) is 0 Å². The molecule has 2 unspecified atom stereocenters. The van der Waals surface area contributed by atoms with Crippen LogP contribution in [0.1, 0.15) is 65.2 Å². The summed E-state index contributed by atoms with van der Waals surface area (Å²) in [4.78, 5) is 5.08. The maximum Gasteiger partial charge on any atom is 0.108 e. The molecule has 1 rings (SSSR count). The minimum Gasteiger partial charge on any atom is -0.299 e. The van der Waals surface area contributed by atoms with Gasteiger partial charge in [-0.25, -0.2) is 0 Å². The lowest BCUT2D eigenvalue weighted by Gasteiger charge is -2.34. The molecule has 0 spiro atoms. The van der Waals surface area contributed by atoms with Crippen molar-refractivity contribution in [3.8, 4) is 0 Å². The molecule has 1 heterocycles. The predicted molar refractivity (Wildman–Crippen MR) is 91.0 cm³/mol. The van der Waals surface area contributed by atoms with Gasteiger partial charge in [-0.2, -0.15) is 0 Å². The van der Waals surface area contributed by atoms with E-state index in [9.17, 15) is 0 Å². The molecule has 2 atom stereocenters. The molecule has 1 aliphatic rings. The normalized spacial score (nSPS) is 23.0. The zero-order valence-electron chi connectivity index (χ0n) is 13.4. The fraction of sp³-hybridized carbons (Fsp3) is 0.824. The van der Waals surface area contributed by atoms with E-state index < -0.39 is 8.07 Å². The summed E-state index contributed by atoms with van der Waals surface area (Å²) in [5.74, 6) is 0. The van der Waals surface area contributed by atoms with E-state index in [2.05, 4.69) is 33.0 Å². The second kappa shape index (κ2) is 8.73. The van der Waals surface area contributed by atoms with E-state index in [0.717, 1.165) is 6.54 Å². The van der Waals surface area contributed by atoms with Crippen LogP contribution in [0.15, 0.2) is 17.6 Å². The summed E-state index contributed by atoms with van der Waals surface area (Å²) in [6.45, 7) is 12.4. The molecule has 0 bridgehead atoms. The van der Waals surface area contributed by atoms with E-state index >= 15 is 0 Å². The Morgan fingerprint density at radius 1 is 1.16 bits per heavy atom. The first-order valence-corrected chi connectivity index (χ1v) is 11.1. The van der Waals surface area contributed by atoms with Crippen molar-refractivity contribution in [3.63, 3.8) is 0 Å². The summed E-state index contributed by atoms with van der Waals surface area (Å²) in [6.07, 6.45) is 13.0. The molecule has 1 nitrogen and oxygen atoms in total. The molecule has 0 saturated heterocycles. The third-order valence-electron chi connectivity index (χ3n) is 5.06. The number of rotatable bonds is 5. The molecule has 0 aromatic rings. The number of hydrogen-bond donors (Lipinski definition) is 0. The molecule has 0 radical (unpaired) electrons. The molecule has 0 aromatic carbocycles. The predicted octanol–water partition coefficient (Wildman–Crippen LogP) is 5.78. The minimum absolute atomic E-state index is 0.708. The van der Waals surface area contributed by atoms with Crippen LogP contribution in [0, 0.1) is 0 Å². The van der Waals surface area contributed by atoms with Crippen LogP contribution in [0.25, 0.3) is 0 Å². The van der Waals surface area contributed by atoms with Gasteiger partial charge >= 0.3 is 0 Å². The zero-order chi connectivity index (χ0) is 14.1. The quantitative estimate of drug-likeness (QED) is 0.447. The van der Waals surface area contributed by atoms with E-state index in [1.807, 2.05) is 0 Å². The average molecular weight is 280 g/mol. The van der Waals surface area contributed by atoms with Crippen molar-refractivity contribution in [1.29, 1.82) is 0 Å². The molecule has 0 amide bonds. The Labute approximate surface area is 121 Å². The second-order valence-corrected chi connectivity index (χ2v) is 11.1. The molecule has 1 aliphatic heterocycles. The van der Waals surface area contributed by atoms with Gasteiger partial charge in [-0.15, -0.1) is 6.58 Å². The topological polar surface area (TPSA) is 12.4 Å². The summed E-state index contributed by atoms with van der Waals surface area (Å²) in [5.41, 5.74) is 0.708. The molecule has 0 aliphatic carbocycles. The van der Waals surface area contributed by atoms with Gasteiger partial charge in [0.15, 0.2) is 0 Å². The highest BCUT2D eigenvalue weighted by atomic mass is 28.3. The lowest BCUT2D eigenvalue weighted by molar-refractivity contribution is 0.597. The molecule has 0 saturated carbocycles. The third kappa shape index (κ3) is 4.59. The smallest absolute Gasteiger partial charge is 0.108 e. The van der Waals surface area contributed by atoms with Crippen molar-refractivity contribution in [1.82, 2.24) is 0 Å². The Balaban J connectivity index is 2.89. The van der Waals surface area contributed by atoms with Gasteiger partial charge in [-0.1, -0.05) is 64.6 Å². The van der Waals surface area contributed by atoms with Crippen LogP contribution in [0.3, 0.4) is 0 Å². The van der Waals surface area contributed by atoms with E-state index in [1.54, 1.807) is 5.33 Å². The summed E-state index contributed by atoms with van der Waals surface area (Å²) >= 11 is 0. The van der Waals surface area contributed by atoms with Crippen LogP contribution in [0.2, 0.25) is 18.1 Å². The van der Waals surface area contributed by atoms with Crippen molar-refractivity contribution in [2.45, 2.75) is 83.3 Å². The molecule has 110 valence electrons. The van der Waals surface area contributed by atoms with Crippen molar-refractivity contribution >= 4 is 13.4 Å². The largest absolute Gasteiger partial charge is 0.299 e. The van der Waals surface area contributed by atoms with Crippen LogP contribution in [0.5, 0.6) is 0 Å². The summed E-state index contributed by atoms with van der Waals surface area (Å²) in [5, 5.41) is 1.61. The van der Waals surface area contributed by atoms with Crippen molar-refractivity contribution in [3.05, 3.63) is 12.7 Å². The highest BCUT2D eigenvalue weighted by Gasteiger charge is 2.36. The summed E-state index contributed by atoms with van der Waals surface area (Å²) in [6, 6.07) is 1.32. The summed E-state index contributed by atoms with van der Waals surface area (Å²) < 4.78 is 0. The molecule has 0 N–H and O–H groups in total. The first-order chi connectivity index (χ1) is 9.19. The van der Waals surface area contributed by atoms with Crippen LogP contribution in [-0.2, 0) is 0 Å². The molecule has 0 aromatic heterocycles. The first kappa shape index (κ1) is 16.7. The Hall–Kier alpha value is -0.373. The lowest BCUT2D eigenvalue weighted by Crippen LogP contribution is -2.44. The fourth-order valence-electron chi connectivity index (χ4n) is 3.43. The van der Waals surface area contributed by atoms with Crippen molar-refractivity contribution in [2.24, 2.45) is 4.99 Å². The molecule has 19 heavy (non-hydrogen) atoms. The highest BCUT2D eigenvalue weighted by molar-refractivity contribution is 7.07. The van der Waals surface area contributed by atoms with Crippen LogP contribution >= 0.6 is 0 Å². The van der Waals surface area contributed by atoms with Gasteiger partial charge in [-0.05, 0) is 30.1 Å². The molecular weight excluding hydrogens is 246 g/mol. The Morgan fingerprint density at radius 3 is 2.37 bits per heavy atom. The van der Waals surface area contributed by atoms with Crippen molar-refractivity contribution in [2.75, 3.05) is 6.54 Å². The van der Waals surface area contributed by atoms with Crippen LogP contribution in [0.4, 0.5) is 0 Å².